The zero-order valence-corrected chi connectivity index (χ0v) is 17.8. The van der Waals surface area contributed by atoms with E-state index in [1.165, 1.54) is 0 Å². The second-order valence-corrected chi connectivity index (χ2v) is 8.37. The molecule has 9 heteroatoms. The minimum atomic E-state index is -3.84. The van der Waals surface area contributed by atoms with E-state index in [9.17, 15) is 8.42 Å². The molecule has 1 radical (unpaired) electrons. The smallest absolute Gasteiger partial charge is 0.262 e. The molecule has 0 saturated heterocycles. The van der Waals surface area contributed by atoms with Gasteiger partial charge in [-0.1, -0.05) is 24.3 Å². The normalized spacial score (nSPS) is 13.5. The average Bonchev–Trinajstić information content (AvgIpc) is 2.79. The number of fused-ring (bicyclic) bond motifs is 1. The second-order valence-electron chi connectivity index (χ2n) is 6.68. The third-order valence-corrected chi connectivity index (χ3v) is 5.92. The third kappa shape index (κ3) is 4.61. The lowest BCUT2D eigenvalue weighted by molar-refractivity contribution is 0.395. The van der Waals surface area contributed by atoms with E-state index in [1.807, 2.05) is 12.1 Å². The first kappa shape index (κ1) is 20.7. The third-order valence-electron chi connectivity index (χ3n) is 4.56. The van der Waals surface area contributed by atoms with Crippen molar-refractivity contribution in [2.45, 2.75) is 6.42 Å². The summed E-state index contributed by atoms with van der Waals surface area (Å²) in [6.45, 7) is 0. The quantitative estimate of drug-likeness (QED) is 0.572. The van der Waals surface area contributed by atoms with Crippen LogP contribution in [0.1, 0.15) is 6.42 Å². The maximum atomic E-state index is 12.9. The highest BCUT2D eigenvalue weighted by molar-refractivity contribution is 7.96. The molecule has 0 spiro atoms. The molecule has 31 heavy (non-hydrogen) atoms. The Hall–Kier alpha value is -3.59. The zero-order chi connectivity index (χ0) is 21.8. The Morgan fingerprint density at radius 2 is 1.58 bits per heavy atom. The van der Waals surface area contributed by atoms with Crippen LogP contribution in [0.4, 0.5) is 17.3 Å². The number of aromatic nitrogens is 2. The number of benzene rings is 2. The zero-order valence-electron chi connectivity index (χ0n) is 17.0. The van der Waals surface area contributed by atoms with Gasteiger partial charge in [-0.3, -0.25) is 4.72 Å². The summed E-state index contributed by atoms with van der Waals surface area (Å²) in [5, 5.41) is 3.13. The van der Waals surface area contributed by atoms with Crippen LogP contribution >= 0.6 is 0 Å². The highest BCUT2D eigenvalue weighted by Crippen LogP contribution is 2.31. The Morgan fingerprint density at radius 1 is 0.935 bits per heavy atom. The molecular formula is C22H21N4O4S. The van der Waals surface area contributed by atoms with E-state index in [1.54, 1.807) is 69.2 Å². The predicted octanol–water partition coefficient (Wildman–Crippen LogP) is 4.18. The molecule has 1 aromatic heterocycles. The van der Waals surface area contributed by atoms with Crippen LogP contribution in [0.5, 0.6) is 11.5 Å². The molecule has 0 bridgehead atoms. The minimum absolute atomic E-state index is 0.0837. The summed E-state index contributed by atoms with van der Waals surface area (Å²) in [5.41, 5.74) is 1.79. The van der Waals surface area contributed by atoms with E-state index in [4.69, 9.17) is 9.47 Å². The summed E-state index contributed by atoms with van der Waals surface area (Å²) in [6.07, 6.45) is 7.39. The van der Waals surface area contributed by atoms with E-state index in [0.717, 1.165) is 0 Å². The van der Waals surface area contributed by atoms with Crippen molar-refractivity contribution in [3.05, 3.63) is 72.0 Å². The molecule has 3 aromatic rings. The van der Waals surface area contributed by atoms with Crippen molar-refractivity contribution in [3.63, 3.8) is 0 Å². The van der Waals surface area contributed by atoms with Crippen molar-refractivity contribution < 1.29 is 17.9 Å². The topological polar surface area (TPSA) is 102 Å². The SMILES string of the molecule is COc1cc(Nc2nc3ccccc3nc2NS(=O)(=O)C2=C[CH]CC=C2)cc(OC)c1. The van der Waals surface area contributed by atoms with Crippen molar-refractivity contribution in [2.75, 3.05) is 24.3 Å². The Bertz CT molecular complexity index is 1260. The lowest BCUT2D eigenvalue weighted by atomic mass is 10.2. The summed E-state index contributed by atoms with van der Waals surface area (Å²) in [6, 6.07) is 12.5. The van der Waals surface area contributed by atoms with Gasteiger partial charge < -0.3 is 14.8 Å². The number of hydrogen-bond donors (Lipinski definition) is 2. The molecule has 2 aromatic carbocycles. The molecule has 159 valence electrons. The van der Waals surface area contributed by atoms with E-state index in [0.29, 0.717) is 34.6 Å². The molecule has 2 N–H and O–H groups in total. The van der Waals surface area contributed by atoms with Crippen molar-refractivity contribution in [1.82, 2.24) is 9.97 Å². The fourth-order valence-electron chi connectivity index (χ4n) is 3.04. The maximum absolute atomic E-state index is 12.9. The van der Waals surface area contributed by atoms with Crippen LogP contribution in [0.15, 0.2) is 65.6 Å². The number of methoxy groups -OCH3 is 2. The Balaban J connectivity index is 1.77. The summed E-state index contributed by atoms with van der Waals surface area (Å²) in [4.78, 5) is 9.24. The molecule has 0 fully saturated rings. The second kappa shape index (κ2) is 8.65. The van der Waals surface area contributed by atoms with Crippen molar-refractivity contribution in [2.24, 2.45) is 0 Å². The Labute approximate surface area is 180 Å². The highest BCUT2D eigenvalue weighted by atomic mass is 32.2. The van der Waals surface area contributed by atoms with Gasteiger partial charge in [-0.15, -0.1) is 0 Å². The molecule has 0 amide bonds. The first-order chi connectivity index (χ1) is 15.0. The fourth-order valence-corrected chi connectivity index (χ4v) is 4.11. The summed E-state index contributed by atoms with van der Waals surface area (Å²) in [7, 11) is -0.740. The van der Waals surface area contributed by atoms with E-state index >= 15 is 0 Å². The molecule has 0 saturated carbocycles. The van der Waals surface area contributed by atoms with Crippen LogP contribution in [0, 0.1) is 6.42 Å². The number of nitrogens with one attached hydrogen (secondary N) is 2. The van der Waals surface area contributed by atoms with Gasteiger partial charge >= 0.3 is 0 Å². The summed E-state index contributed by atoms with van der Waals surface area (Å²) >= 11 is 0. The van der Waals surface area contributed by atoms with Crippen LogP contribution in [0.3, 0.4) is 0 Å². The number of nitrogens with zero attached hydrogens (tertiary/aromatic N) is 2. The molecular weight excluding hydrogens is 416 g/mol. The monoisotopic (exact) mass is 437 g/mol. The minimum Gasteiger partial charge on any atom is -0.497 e. The van der Waals surface area contributed by atoms with E-state index < -0.39 is 10.0 Å². The molecule has 1 heterocycles. The lowest BCUT2D eigenvalue weighted by Gasteiger charge is -2.16. The van der Waals surface area contributed by atoms with Gasteiger partial charge in [0.05, 0.1) is 30.2 Å². The summed E-state index contributed by atoms with van der Waals surface area (Å²) < 4.78 is 39.0. The molecule has 8 nitrogen and oxygen atoms in total. The van der Waals surface area contributed by atoms with Gasteiger partial charge in [0.2, 0.25) is 0 Å². The van der Waals surface area contributed by atoms with Gasteiger partial charge in [-0.2, -0.15) is 0 Å². The number of hydrogen-bond acceptors (Lipinski definition) is 7. The lowest BCUT2D eigenvalue weighted by Crippen LogP contribution is -2.17. The number of para-hydroxylation sites is 2. The number of sulfonamides is 1. The van der Waals surface area contributed by atoms with Crippen LogP contribution in [-0.2, 0) is 10.0 Å². The average molecular weight is 438 g/mol. The molecule has 0 unspecified atom stereocenters. The molecule has 4 rings (SSSR count). The highest BCUT2D eigenvalue weighted by Gasteiger charge is 2.21. The van der Waals surface area contributed by atoms with Crippen LogP contribution < -0.4 is 19.5 Å². The van der Waals surface area contributed by atoms with E-state index in [2.05, 4.69) is 20.0 Å². The number of ether oxygens (including phenoxy) is 2. The molecule has 1 aliphatic carbocycles. The first-order valence-corrected chi connectivity index (χ1v) is 11.0. The summed E-state index contributed by atoms with van der Waals surface area (Å²) in [5.74, 6) is 1.49. The number of anilines is 3. The van der Waals surface area contributed by atoms with Gasteiger partial charge in [-0.25, -0.2) is 18.4 Å². The molecule has 0 atom stereocenters. The Morgan fingerprint density at radius 3 is 2.16 bits per heavy atom. The van der Waals surface area contributed by atoms with Crippen molar-refractivity contribution in [1.29, 1.82) is 0 Å². The number of allylic oxidation sites excluding steroid dienone is 3. The van der Waals surface area contributed by atoms with Gasteiger partial charge in [0, 0.05) is 23.9 Å². The van der Waals surface area contributed by atoms with Crippen molar-refractivity contribution in [3.8, 4) is 11.5 Å². The fraction of sp³-hybridized carbons (Fsp3) is 0.136. The molecule has 0 aliphatic heterocycles. The van der Waals surface area contributed by atoms with Gasteiger partial charge in [0.15, 0.2) is 11.6 Å². The molecule has 1 aliphatic rings. The van der Waals surface area contributed by atoms with E-state index in [-0.39, 0.29) is 16.5 Å². The standard InChI is InChI=1S/C22H21N4O4S/c1-29-16-12-15(13-17(14-16)30-2)23-21-22(25-20-11-7-6-10-19(20)24-21)26-31(27,28)18-8-4-3-5-9-18/h4-14H,3H2,1-2H3,(H,23,24)(H,25,26). The van der Waals surface area contributed by atoms with Gasteiger partial charge in [-0.05, 0) is 31.1 Å². The number of rotatable bonds is 7. The maximum Gasteiger partial charge on any atom is 0.262 e. The predicted molar refractivity (Wildman–Crippen MR) is 121 cm³/mol. The first-order valence-electron chi connectivity index (χ1n) is 9.48. The van der Waals surface area contributed by atoms with Crippen LogP contribution in [0.2, 0.25) is 0 Å². The largest absolute Gasteiger partial charge is 0.497 e. The van der Waals surface area contributed by atoms with Gasteiger partial charge in [0.25, 0.3) is 10.0 Å². The van der Waals surface area contributed by atoms with Gasteiger partial charge in [0.1, 0.15) is 11.5 Å². The van der Waals surface area contributed by atoms with Crippen LogP contribution in [0.25, 0.3) is 11.0 Å². The van der Waals surface area contributed by atoms with Crippen LogP contribution in [-0.4, -0.2) is 32.6 Å². The Kier molecular flexibility index (Phi) is 5.77. The van der Waals surface area contributed by atoms with Crippen molar-refractivity contribution >= 4 is 38.4 Å².